The summed E-state index contributed by atoms with van der Waals surface area (Å²) >= 11 is 0. The van der Waals surface area contributed by atoms with Crippen LogP contribution in [0.15, 0.2) is 54.6 Å². The first-order valence-corrected chi connectivity index (χ1v) is 19.2. The monoisotopic (exact) mass is 587 g/mol. The van der Waals surface area contributed by atoms with Crippen molar-refractivity contribution in [1.82, 2.24) is 0 Å². The summed E-state index contributed by atoms with van der Waals surface area (Å²) in [6.07, 6.45) is 43.3. The molecule has 242 valence electrons. The molecule has 0 heterocycles. The van der Waals surface area contributed by atoms with Gasteiger partial charge in [0.2, 0.25) is 0 Å². The van der Waals surface area contributed by atoms with Gasteiger partial charge in [-0.15, -0.1) is 0 Å². The Bertz CT molecular complexity index is 892. The van der Waals surface area contributed by atoms with Gasteiger partial charge in [0.15, 0.2) is 0 Å². The molecule has 0 N–H and O–H groups in total. The van der Waals surface area contributed by atoms with Crippen molar-refractivity contribution in [3.8, 4) is 11.1 Å². The van der Waals surface area contributed by atoms with E-state index in [9.17, 15) is 0 Å². The van der Waals surface area contributed by atoms with Crippen molar-refractivity contribution in [2.45, 2.75) is 187 Å². The average molecular weight is 587 g/mol. The molecule has 0 spiro atoms. The molecule has 0 atom stereocenters. The molecule has 0 aliphatic carbocycles. The summed E-state index contributed by atoms with van der Waals surface area (Å²) in [5, 5.41) is 0. The molecule has 0 aromatic heterocycles. The molecular weight excluding hydrogens is 516 g/mol. The Morgan fingerprint density at radius 3 is 1.21 bits per heavy atom. The van der Waals surface area contributed by atoms with E-state index in [4.69, 9.17) is 0 Å². The van der Waals surface area contributed by atoms with Gasteiger partial charge in [0.25, 0.3) is 0 Å². The number of hydrogen-bond acceptors (Lipinski definition) is 0. The smallest absolute Gasteiger partial charge is 0.00794 e. The Morgan fingerprint density at radius 2 is 0.814 bits per heavy atom. The molecule has 0 aliphatic heterocycles. The molecule has 0 nitrogen and oxygen atoms in total. The van der Waals surface area contributed by atoms with E-state index in [1.165, 1.54) is 196 Å². The Balaban J connectivity index is 1.34. The Kier molecular flexibility index (Phi) is 24.1. The Hall–Kier alpha value is -1.82. The SMILES string of the molecule is CC=Cc1cccc(CCCCCCCCCCCCCCCCCCCCCCCCCCCC)c1-c1ccccc1. The second kappa shape index (κ2) is 27.7. The summed E-state index contributed by atoms with van der Waals surface area (Å²) in [6, 6.07) is 17.8. The van der Waals surface area contributed by atoms with Crippen molar-refractivity contribution in [1.29, 1.82) is 0 Å². The number of allylic oxidation sites excluding steroid dienone is 1. The molecule has 0 unspecified atom stereocenters. The molecular formula is C43H70. The van der Waals surface area contributed by atoms with E-state index >= 15 is 0 Å². The van der Waals surface area contributed by atoms with E-state index < -0.39 is 0 Å². The van der Waals surface area contributed by atoms with Crippen LogP contribution in [0.5, 0.6) is 0 Å². The fourth-order valence-corrected chi connectivity index (χ4v) is 6.73. The summed E-state index contributed by atoms with van der Waals surface area (Å²) in [6.45, 7) is 4.42. The second-order valence-electron chi connectivity index (χ2n) is 13.3. The van der Waals surface area contributed by atoms with Crippen LogP contribution in [0.3, 0.4) is 0 Å². The number of rotatable bonds is 29. The third-order valence-corrected chi connectivity index (χ3v) is 9.39. The van der Waals surface area contributed by atoms with Gasteiger partial charge in [0.1, 0.15) is 0 Å². The van der Waals surface area contributed by atoms with E-state index in [2.05, 4.69) is 74.5 Å². The van der Waals surface area contributed by atoms with Crippen LogP contribution in [0.25, 0.3) is 17.2 Å². The van der Waals surface area contributed by atoms with Crippen LogP contribution < -0.4 is 0 Å². The largest absolute Gasteiger partial charge is 0.0870 e. The first-order valence-electron chi connectivity index (χ1n) is 19.2. The molecule has 0 heteroatoms. The lowest BCUT2D eigenvalue weighted by molar-refractivity contribution is 0.515. The van der Waals surface area contributed by atoms with Crippen molar-refractivity contribution < 1.29 is 0 Å². The summed E-state index contributed by atoms with van der Waals surface area (Å²) in [7, 11) is 0. The van der Waals surface area contributed by atoms with Gasteiger partial charge in [0, 0.05) is 0 Å². The maximum Gasteiger partial charge on any atom is -0.00794 e. The van der Waals surface area contributed by atoms with E-state index in [0.717, 1.165) is 0 Å². The zero-order valence-corrected chi connectivity index (χ0v) is 28.9. The maximum atomic E-state index is 2.34. The lowest BCUT2D eigenvalue weighted by atomic mass is 9.91. The van der Waals surface area contributed by atoms with Crippen LogP contribution in [-0.4, -0.2) is 0 Å². The minimum Gasteiger partial charge on any atom is -0.0870 e. The zero-order chi connectivity index (χ0) is 30.5. The molecule has 0 fully saturated rings. The van der Waals surface area contributed by atoms with Crippen LogP contribution in [-0.2, 0) is 6.42 Å². The highest BCUT2D eigenvalue weighted by atomic mass is 14.1. The topological polar surface area (TPSA) is 0 Å². The third kappa shape index (κ3) is 19.2. The summed E-state index contributed by atoms with van der Waals surface area (Å²) in [5.74, 6) is 0. The maximum absolute atomic E-state index is 2.34. The van der Waals surface area contributed by atoms with E-state index in [1.54, 1.807) is 0 Å². The summed E-state index contributed by atoms with van der Waals surface area (Å²) < 4.78 is 0. The van der Waals surface area contributed by atoms with Crippen molar-refractivity contribution in [2.75, 3.05) is 0 Å². The van der Waals surface area contributed by atoms with Gasteiger partial charge in [-0.3, -0.25) is 0 Å². The highest BCUT2D eigenvalue weighted by Crippen LogP contribution is 2.30. The van der Waals surface area contributed by atoms with Gasteiger partial charge in [-0.2, -0.15) is 0 Å². The Morgan fingerprint density at radius 1 is 0.419 bits per heavy atom. The quantitative estimate of drug-likeness (QED) is 0.0832. The first kappa shape index (κ1) is 37.4. The van der Waals surface area contributed by atoms with Crippen molar-refractivity contribution in [3.63, 3.8) is 0 Å². The molecule has 0 aliphatic rings. The number of unbranched alkanes of at least 4 members (excludes halogenated alkanes) is 25. The fraction of sp³-hybridized carbons (Fsp3) is 0.674. The normalized spacial score (nSPS) is 11.6. The first-order chi connectivity index (χ1) is 21.4. The van der Waals surface area contributed by atoms with E-state index in [0.29, 0.717) is 0 Å². The highest BCUT2D eigenvalue weighted by molar-refractivity contribution is 5.78. The van der Waals surface area contributed by atoms with Crippen LogP contribution in [0.2, 0.25) is 0 Å². The molecule has 2 aromatic rings. The molecule has 0 saturated heterocycles. The molecule has 2 aromatic carbocycles. The van der Waals surface area contributed by atoms with Gasteiger partial charge in [-0.1, -0.05) is 228 Å². The number of benzene rings is 2. The molecule has 0 saturated carbocycles. The van der Waals surface area contributed by atoms with Crippen LogP contribution >= 0.6 is 0 Å². The van der Waals surface area contributed by atoms with Gasteiger partial charge < -0.3 is 0 Å². The standard InChI is InChI=1S/C43H70/c1-3-5-6-7-8-9-10-11-12-13-14-15-16-17-18-19-20-21-22-23-24-25-26-27-28-30-35-42-39-33-38-40(34-4-2)43(42)41-36-31-29-32-37-41/h4,29,31-34,36-39H,3,5-28,30,35H2,1-2H3. The molecule has 2 rings (SSSR count). The summed E-state index contributed by atoms with van der Waals surface area (Å²) in [4.78, 5) is 0. The van der Waals surface area contributed by atoms with Crippen molar-refractivity contribution in [2.24, 2.45) is 0 Å². The minimum atomic E-state index is 1.19. The van der Waals surface area contributed by atoms with Gasteiger partial charge in [-0.05, 0) is 42.0 Å². The highest BCUT2D eigenvalue weighted by Gasteiger charge is 2.09. The lowest BCUT2D eigenvalue weighted by Gasteiger charge is -2.13. The predicted octanol–water partition coefficient (Wildman–Crippen LogP) is 15.1. The van der Waals surface area contributed by atoms with E-state index in [1.807, 2.05) is 0 Å². The van der Waals surface area contributed by atoms with Crippen molar-refractivity contribution in [3.05, 3.63) is 65.7 Å². The van der Waals surface area contributed by atoms with Gasteiger partial charge in [-0.25, -0.2) is 0 Å². The van der Waals surface area contributed by atoms with Crippen LogP contribution in [0.4, 0.5) is 0 Å². The molecule has 0 bridgehead atoms. The van der Waals surface area contributed by atoms with E-state index in [-0.39, 0.29) is 0 Å². The Labute approximate surface area is 269 Å². The van der Waals surface area contributed by atoms with Crippen LogP contribution in [0.1, 0.15) is 192 Å². The van der Waals surface area contributed by atoms with Gasteiger partial charge >= 0.3 is 0 Å². The average Bonchev–Trinajstić information content (AvgIpc) is 3.03. The zero-order valence-electron chi connectivity index (χ0n) is 28.9. The number of aryl methyl sites for hydroxylation is 1. The predicted molar refractivity (Wildman–Crippen MR) is 196 cm³/mol. The fourth-order valence-electron chi connectivity index (χ4n) is 6.73. The number of hydrogen-bond donors (Lipinski definition) is 0. The molecule has 0 amide bonds. The van der Waals surface area contributed by atoms with Crippen LogP contribution in [0, 0.1) is 0 Å². The second-order valence-corrected chi connectivity index (χ2v) is 13.3. The minimum absolute atomic E-state index is 1.19. The third-order valence-electron chi connectivity index (χ3n) is 9.39. The molecule has 43 heavy (non-hydrogen) atoms. The van der Waals surface area contributed by atoms with Crippen molar-refractivity contribution >= 4 is 6.08 Å². The summed E-state index contributed by atoms with van der Waals surface area (Å²) in [5.41, 5.74) is 5.63. The molecule has 0 radical (unpaired) electrons. The van der Waals surface area contributed by atoms with Gasteiger partial charge in [0.05, 0.1) is 0 Å². The lowest BCUT2D eigenvalue weighted by Crippen LogP contribution is -1.94.